The zero-order chi connectivity index (χ0) is 42.3. The van der Waals surface area contributed by atoms with Crippen LogP contribution in [0.2, 0.25) is 0 Å². The van der Waals surface area contributed by atoms with Crippen molar-refractivity contribution >= 4 is 58.5 Å². The number of carbonyl (C=O) groups is 5. The molecule has 3 fully saturated rings. The first-order valence-corrected chi connectivity index (χ1v) is 21.0. The van der Waals surface area contributed by atoms with Gasteiger partial charge >= 0.3 is 12.1 Å². The Kier molecular flexibility index (Phi) is 11.0. The van der Waals surface area contributed by atoms with E-state index >= 15 is 0 Å². The van der Waals surface area contributed by atoms with E-state index in [9.17, 15) is 24.0 Å². The smallest absolute Gasteiger partial charge is 0.407 e. The van der Waals surface area contributed by atoms with E-state index in [1.807, 2.05) is 68.4 Å². The second kappa shape index (κ2) is 16.7. The number of amides is 4. The molecule has 1 aliphatic carbocycles. The highest BCUT2D eigenvalue weighted by atomic mass is 32.2. The Morgan fingerprint density at radius 2 is 1.56 bits per heavy atom. The number of alkyl carbamates (subject to hydrolysis) is 1. The zero-order valence-corrected chi connectivity index (χ0v) is 33.9. The fraction of sp³-hybridized carbons (Fsp3) is 0.349. The summed E-state index contributed by atoms with van der Waals surface area (Å²) in [5.74, 6) is -2.77. The lowest BCUT2D eigenvalue weighted by atomic mass is 9.98. The molecule has 4 amide bonds. The SMILES string of the molecule is CC1(C)O[C@@H]2[C@H](O1)[C@@H](CSCC[C@@H](NC(=O)OCC1c3ccccc3-c3ccccc31)C(=O)ON1C(=O)CCC1=O)O[C@H]2n1cnc2c(NC(=O)c3ccccc3)ncnc21. The fourth-order valence-electron chi connectivity index (χ4n) is 8.16. The summed E-state index contributed by atoms with van der Waals surface area (Å²) >= 11 is 1.44. The molecule has 0 spiro atoms. The van der Waals surface area contributed by atoms with Gasteiger partial charge < -0.3 is 34.4 Å². The minimum Gasteiger partial charge on any atom is -0.449 e. The van der Waals surface area contributed by atoms with Crippen LogP contribution in [0.25, 0.3) is 22.3 Å². The molecule has 17 nitrogen and oxygen atoms in total. The van der Waals surface area contributed by atoms with E-state index in [1.165, 1.54) is 18.1 Å². The first-order valence-electron chi connectivity index (χ1n) is 19.9. The van der Waals surface area contributed by atoms with Crippen molar-refractivity contribution in [1.29, 1.82) is 0 Å². The third kappa shape index (κ3) is 8.06. The van der Waals surface area contributed by atoms with Gasteiger partial charge in [-0.2, -0.15) is 11.8 Å². The molecule has 314 valence electrons. The predicted molar refractivity (Wildman–Crippen MR) is 219 cm³/mol. The van der Waals surface area contributed by atoms with Gasteiger partial charge in [0.15, 0.2) is 29.0 Å². The number of imide groups is 1. The highest BCUT2D eigenvalue weighted by molar-refractivity contribution is 7.99. The largest absolute Gasteiger partial charge is 0.449 e. The second-order valence-corrected chi connectivity index (χ2v) is 16.5. The van der Waals surface area contributed by atoms with Gasteiger partial charge in [0.25, 0.3) is 17.7 Å². The first-order chi connectivity index (χ1) is 29.5. The molecular formula is C43H41N7O10S. The Morgan fingerprint density at radius 3 is 2.28 bits per heavy atom. The van der Waals surface area contributed by atoms with E-state index in [4.69, 9.17) is 23.8 Å². The highest BCUT2D eigenvalue weighted by Crippen LogP contribution is 2.46. The molecule has 2 N–H and O–H groups in total. The minimum absolute atomic E-state index is 0.0164. The third-order valence-electron chi connectivity index (χ3n) is 11.0. The highest BCUT2D eigenvalue weighted by Gasteiger charge is 2.56. The van der Waals surface area contributed by atoms with Crippen molar-refractivity contribution in [2.24, 2.45) is 0 Å². The van der Waals surface area contributed by atoms with Crippen LogP contribution in [0, 0.1) is 0 Å². The van der Waals surface area contributed by atoms with Gasteiger partial charge in [0.1, 0.15) is 31.2 Å². The number of thioether (sulfide) groups is 1. The lowest BCUT2D eigenvalue weighted by Crippen LogP contribution is -2.46. The third-order valence-corrected chi connectivity index (χ3v) is 12.1. The Bertz CT molecular complexity index is 2460. The molecule has 3 aliphatic heterocycles. The van der Waals surface area contributed by atoms with Gasteiger partial charge in [0, 0.05) is 30.1 Å². The number of imidazole rings is 1. The summed E-state index contributed by atoms with van der Waals surface area (Å²) in [6, 6.07) is 23.4. The van der Waals surface area contributed by atoms with Crippen molar-refractivity contribution in [1.82, 2.24) is 29.9 Å². The van der Waals surface area contributed by atoms with Crippen LogP contribution >= 0.6 is 11.8 Å². The van der Waals surface area contributed by atoms with Gasteiger partial charge in [-0.3, -0.25) is 19.0 Å². The number of hydrogen-bond donors (Lipinski definition) is 2. The number of anilines is 1. The average Bonchev–Trinajstić information content (AvgIpc) is 4.06. The van der Waals surface area contributed by atoms with E-state index in [2.05, 4.69) is 25.6 Å². The molecule has 0 radical (unpaired) electrons. The normalized spacial score (nSPS) is 21.8. The van der Waals surface area contributed by atoms with Crippen molar-refractivity contribution in [2.75, 3.05) is 23.4 Å². The summed E-state index contributed by atoms with van der Waals surface area (Å²) in [7, 11) is 0. The zero-order valence-electron chi connectivity index (χ0n) is 33.1. The Labute approximate surface area is 353 Å². The molecule has 61 heavy (non-hydrogen) atoms. The van der Waals surface area contributed by atoms with Crippen molar-refractivity contribution in [2.45, 2.75) is 75.4 Å². The first kappa shape index (κ1) is 40.2. The van der Waals surface area contributed by atoms with Crippen LogP contribution < -0.4 is 10.6 Å². The molecule has 3 saturated heterocycles. The van der Waals surface area contributed by atoms with E-state index in [1.54, 1.807) is 35.2 Å². The van der Waals surface area contributed by atoms with Crippen LogP contribution in [0.3, 0.4) is 0 Å². The van der Waals surface area contributed by atoms with Crippen LogP contribution in [-0.4, -0.2) is 103 Å². The Hall–Kier alpha value is -6.21. The van der Waals surface area contributed by atoms with Crippen molar-refractivity contribution < 1.29 is 47.8 Å². The fourth-order valence-corrected chi connectivity index (χ4v) is 9.23. The summed E-state index contributed by atoms with van der Waals surface area (Å²) in [5.41, 5.74) is 5.43. The van der Waals surface area contributed by atoms with Gasteiger partial charge in [-0.15, -0.1) is 5.06 Å². The summed E-state index contributed by atoms with van der Waals surface area (Å²) in [6.07, 6.45) is -0.273. The van der Waals surface area contributed by atoms with E-state index in [0.717, 1.165) is 22.3 Å². The van der Waals surface area contributed by atoms with Crippen molar-refractivity contribution in [3.63, 3.8) is 0 Å². The number of hydroxylamine groups is 2. The van der Waals surface area contributed by atoms with Gasteiger partial charge in [-0.25, -0.2) is 24.5 Å². The molecule has 5 aromatic rings. The number of fused-ring (bicyclic) bond motifs is 5. The lowest BCUT2D eigenvalue weighted by Gasteiger charge is -2.25. The molecule has 5 atom stereocenters. The van der Waals surface area contributed by atoms with Gasteiger partial charge in [-0.1, -0.05) is 66.7 Å². The molecule has 18 heteroatoms. The maximum atomic E-state index is 13.5. The lowest BCUT2D eigenvalue weighted by molar-refractivity contribution is -0.198. The molecular weight excluding hydrogens is 807 g/mol. The maximum absolute atomic E-state index is 13.5. The number of aromatic nitrogens is 4. The molecule has 3 aromatic carbocycles. The van der Waals surface area contributed by atoms with Crippen LogP contribution in [0.5, 0.6) is 0 Å². The molecule has 0 saturated carbocycles. The van der Waals surface area contributed by atoms with Crippen LogP contribution in [0.1, 0.15) is 66.7 Å². The quantitative estimate of drug-likeness (QED) is 0.117. The summed E-state index contributed by atoms with van der Waals surface area (Å²) in [5, 5.41) is 5.89. The standard InChI is InChI=1S/C43H41N7O10S/c1-43(2)58-35-31(57-40(36(35)59-43)49-23-46-34-37(44-22-45-38(34)49)48-39(53)24-10-4-3-5-11-24)21-61-19-18-30(41(54)60-50-32(51)16-17-33(50)52)47-42(55)56-20-29-27-14-8-6-12-25(27)26-13-7-9-15-28(26)29/h3-15,22-23,29-31,35-36,40H,16-21H2,1-2H3,(H,47,55)(H,44,45,48,53)/t30-,31-,35-,36-,40-/m1/s1. The second-order valence-electron chi connectivity index (χ2n) is 15.4. The van der Waals surface area contributed by atoms with Crippen LogP contribution in [-0.2, 0) is 38.2 Å². The number of nitrogens with one attached hydrogen (secondary N) is 2. The molecule has 2 aromatic heterocycles. The van der Waals surface area contributed by atoms with E-state index in [-0.39, 0.29) is 43.5 Å². The minimum atomic E-state index is -1.26. The summed E-state index contributed by atoms with van der Waals surface area (Å²) < 4.78 is 26.7. The van der Waals surface area contributed by atoms with E-state index < -0.39 is 60.2 Å². The number of hydrogen-bond acceptors (Lipinski definition) is 14. The molecule has 9 rings (SSSR count). The molecule has 0 bridgehead atoms. The van der Waals surface area contributed by atoms with Crippen molar-refractivity contribution in [3.05, 3.63) is 108 Å². The molecule has 5 heterocycles. The van der Waals surface area contributed by atoms with Crippen molar-refractivity contribution in [3.8, 4) is 11.1 Å². The monoisotopic (exact) mass is 847 g/mol. The number of ether oxygens (including phenoxy) is 4. The predicted octanol–water partition coefficient (Wildman–Crippen LogP) is 5.13. The average molecular weight is 848 g/mol. The number of rotatable bonds is 13. The van der Waals surface area contributed by atoms with Gasteiger partial charge in [-0.05, 0) is 60.4 Å². The maximum Gasteiger partial charge on any atom is 0.407 e. The summed E-state index contributed by atoms with van der Waals surface area (Å²) in [4.78, 5) is 82.8. The number of benzene rings is 3. The molecule has 4 aliphatic rings. The summed E-state index contributed by atoms with van der Waals surface area (Å²) in [6.45, 7) is 3.65. The van der Waals surface area contributed by atoms with Gasteiger partial charge in [0.05, 0.1) is 12.4 Å². The molecule has 0 unspecified atom stereocenters. The van der Waals surface area contributed by atoms with E-state index in [0.29, 0.717) is 33.3 Å². The number of carbonyl (C=O) groups excluding carboxylic acids is 5. The van der Waals surface area contributed by atoms with Crippen LogP contribution in [0.15, 0.2) is 91.5 Å². The Morgan fingerprint density at radius 1 is 0.885 bits per heavy atom. The van der Waals surface area contributed by atoms with Crippen LogP contribution in [0.4, 0.5) is 10.6 Å². The van der Waals surface area contributed by atoms with Gasteiger partial charge in [0.2, 0.25) is 0 Å². The topological polar surface area (TPSA) is 202 Å². The Balaban J connectivity index is 0.861. The number of nitrogens with zero attached hydrogens (tertiary/aromatic N) is 5.